The molecular formula is C16H16F3N5OS. The van der Waals surface area contributed by atoms with Gasteiger partial charge >= 0.3 is 6.18 Å². The van der Waals surface area contributed by atoms with Crippen molar-refractivity contribution in [3.8, 4) is 0 Å². The normalized spacial score (nSPS) is 17.7. The van der Waals surface area contributed by atoms with E-state index in [1.165, 1.54) is 4.68 Å². The molecular weight excluding hydrogens is 367 g/mol. The first-order chi connectivity index (χ1) is 12.4. The zero-order valence-electron chi connectivity index (χ0n) is 13.7. The molecule has 0 aliphatic carbocycles. The minimum Gasteiger partial charge on any atom is -0.356 e. The fourth-order valence-corrected chi connectivity index (χ4v) is 4.13. The van der Waals surface area contributed by atoms with E-state index in [1.807, 2.05) is 0 Å². The summed E-state index contributed by atoms with van der Waals surface area (Å²) in [7, 11) is 0. The van der Waals surface area contributed by atoms with Crippen LogP contribution in [0.3, 0.4) is 0 Å². The Balaban J connectivity index is 1.42. The summed E-state index contributed by atoms with van der Waals surface area (Å²) < 4.78 is 39.7. The van der Waals surface area contributed by atoms with Crippen LogP contribution in [0, 0.1) is 5.92 Å². The average Bonchev–Trinajstić information content (AvgIpc) is 2.57. The summed E-state index contributed by atoms with van der Waals surface area (Å²) in [5.74, 6) is 2.24. The maximum atomic E-state index is 12.7. The number of aryl methyl sites for hydroxylation is 1. The zero-order chi connectivity index (χ0) is 18.3. The summed E-state index contributed by atoms with van der Waals surface area (Å²) in [6.45, 7) is 1.54. The van der Waals surface area contributed by atoms with Gasteiger partial charge in [-0.25, -0.2) is 14.6 Å². The minimum atomic E-state index is -4.49. The first-order valence-corrected chi connectivity index (χ1v) is 9.37. The van der Waals surface area contributed by atoms with Crippen LogP contribution in [0.1, 0.15) is 17.0 Å². The summed E-state index contributed by atoms with van der Waals surface area (Å²) in [6, 6.07) is 2.61. The third kappa shape index (κ3) is 3.42. The molecule has 0 spiro atoms. The SMILES string of the molecule is O=c1cc2c(nn1CC1CN(c3cc(C(F)(F)F)ncn3)C1)CCSC2. The fraction of sp³-hybridized carbons (Fsp3) is 0.500. The number of rotatable bonds is 3. The number of anilines is 1. The van der Waals surface area contributed by atoms with Gasteiger partial charge in [-0.15, -0.1) is 0 Å². The Kier molecular flexibility index (Phi) is 4.37. The Bertz CT molecular complexity index is 879. The first kappa shape index (κ1) is 17.3. The lowest BCUT2D eigenvalue weighted by molar-refractivity contribution is -0.141. The predicted molar refractivity (Wildman–Crippen MR) is 91.1 cm³/mol. The lowest BCUT2D eigenvalue weighted by Gasteiger charge is -2.40. The molecule has 6 nitrogen and oxygen atoms in total. The molecule has 4 heterocycles. The van der Waals surface area contributed by atoms with Gasteiger partial charge in [-0.3, -0.25) is 4.79 Å². The van der Waals surface area contributed by atoms with Gasteiger partial charge < -0.3 is 4.90 Å². The van der Waals surface area contributed by atoms with Gasteiger partial charge in [0.25, 0.3) is 5.56 Å². The molecule has 10 heteroatoms. The number of alkyl halides is 3. The highest BCUT2D eigenvalue weighted by Gasteiger charge is 2.35. The maximum absolute atomic E-state index is 12.7. The van der Waals surface area contributed by atoms with E-state index in [-0.39, 0.29) is 17.3 Å². The fourth-order valence-electron chi connectivity index (χ4n) is 3.18. The highest BCUT2D eigenvalue weighted by molar-refractivity contribution is 7.98. The lowest BCUT2D eigenvalue weighted by atomic mass is 10.00. The molecule has 1 saturated heterocycles. The van der Waals surface area contributed by atoms with E-state index in [9.17, 15) is 18.0 Å². The number of hydrogen-bond donors (Lipinski definition) is 0. The second-order valence-electron chi connectivity index (χ2n) is 6.47. The third-order valence-electron chi connectivity index (χ3n) is 4.56. The molecule has 1 fully saturated rings. The summed E-state index contributed by atoms with van der Waals surface area (Å²) in [5, 5.41) is 4.48. The van der Waals surface area contributed by atoms with Gasteiger partial charge in [0.05, 0.1) is 12.2 Å². The molecule has 0 aromatic carbocycles. The summed E-state index contributed by atoms with van der Waals surface area (Å²) in [4.78, 5) is 21.1. The second-order valence-corrected chi connectivity index (χ2v) is 7.57. The van der Waals surface area contributed by atoms with Gasteiger partial charge in [0.1, 0.15) is 17.8 Å². The molecule has 0 atom stereocenters. The topological polar surface area (TPSA) is 63.9 Å². The molecule has 0 bridgehead atoms. The van der Waals surface area contributed by atoms with Crippen LogP contribution in [-0.2, 0) is 24.9 Å². The molecule has 2 aromatic heterocycles. The first-order valence-electron chi connectivity index (χ1n) is 8.22. The van der Waals surface area contributed by atoms with E-state index in [4.69, 9.17) is 0 Å². The van der Waals surface area contributed by atoms with E-state index in [2.05, 4.69) is 15.1 Å². The Labute approximate surface area is 151 Å². The standard InChI is InChI=1S/C16H16F3N5OS/c17-16(18,19)13-4-14(21-9-20-13)23-5-10(6-23)7-24-15(25)3-11-8-26-2-1-12(11)22-24/h3-4,9-10H,1-2,5-8H2. The number of aromatic nitrogens is 4. The molecule has 0 unspecified atom stereocenters. The lowest BCUT2D eigenvalue weighted by Crippen LogP contribution is -2.50. The molecule has 0 N–H and O–H groups in total. The van der Waals surface area contributed by atoms with E-state index in [0.717, 1.165) is 41.6 Å². The van der Waals surface area contributed by atoms with Crippen molar-refractivity contribution in [2.24, 2.45) is 5.92 Å². The number of fused-ring (bicyclic) bond motifs is 1. The molecule has 2 aliphatic heterocycles. The van der Waals surface area contributed by atoms with Crippen molar-refractivity contribution >= 4 is 17.6 Å². The molecule has 26 heavy (non-hydrogen) atoms. The molecule has 0 radical (unpaired) electrons. The number of thioether (sulfide) groups is 1. The van der Waals surface area contributed by atoms with Gasteiger partial charge in [-0.2, -0.15) is 30.0 Å². The van der Waals surface area contributed by atoms with Gasteiger partial charge in [-0.05, 0) is 11.3 Å². The van der Waals surface area contributed by atoms with Crippen molar-refractivity contribution in [3.63, 3.8) is 0 Å². The molecule has 0 amide bonds. The van der Waals surface area contributed by atoms with Crippen molar-refractivity contribution in [1.29, 1.82) is 0 Å². The van der Waals surface area contributed by atoms with Crippen molar-refractivity contribution in [2.45, 2.75) is 24.9 Å². The Morgan fingerprint density at radius 3 is 2.81 bits per heavy atom. The monoisotopic (exact) mass is 383 g/mol. The molecule has 138 valence electrons. The summed E-state index contributed by atoms with van der Waals surface area (Å²) in [5.41, 5.74) is 0.922. The number of halogens is 3. The molecule has 2 aliphatic rings. The van der Waals surface area contributed by atoms with Crippen LogP contribution in [-0.4, -0.2) is 38.6 Å². The molecule has 0 saturated carbocycles. The molecule has 2 aromatic rings. The quantitative estimate of drug-likeness (QED) is 0.808. The smallest absolute Gasteiger partial charge is 0.356 e. The van der Waals surface area contributed by atoms with Crippen LogP contribution in [0.2, 0.25) is 0 Å². The Morgan fingerprint density at radius 1 is 1.23 bits per heavy atom. The van der Waals surface area contributed by atoms with E-state index < -0.39 is 11.9 Å². The van der Waals surface area contributed by atoms with E-state index >= 15 is 0 Å². The Morgan fingerprint density at radius 2 is 2.04 bits per heavy atom. The van der Waals surface area contributed by atoms with Crippen LogP contribution in [0.5, 0.6) is 0 Å². The van der Waals surface area contributed by atoms with Gasteiger partial charge in [0.2, 0.25) is 0 Å². The van der Waals surface area contributed by atoms with Crippen molar-refractivity contribution in [2.75, 3.05) is 23.7 Å². The zero-order valence-corrected chi connectivity index (χ0v) is 14.6. The van der Waals surface area contributed by atoms with Crippen LogP contribution >= 0.6 is 11.8 Å². The predicted octanol–water partition coefficient (Wildman–Crippen LogP) is 1.98. The third-order valence-corrected chi connectivity index (χ3v) is 5.57. The van der Waals surface area contributed by atoms with Crippen molar-refractivity contribution in [3.05, 3.63) is 45.8 Å². The maximum Gasteiger partial charge on any atom is 0.433 e. The van der Waals surface area contributed by atoms with Crippen LogP contribution in [0.4, 0.5) is 19.0 Å². The molecule has 4 rings (SSSR count). The van der Waals surface area contributed by atoms with Gasteiger partial charge in [0.15, 0.2) is 0 Å². The van der Waals surface area contributed by atoms with Crippen LogP contribution in [0.25, 0.3) is 0 Å². The van der Waals surface area contributed by atoms with E-state index in [1.54, 1.807) is 22.7 Å². The van der Waals surface area contributed by atoms with Gasteiger partial charge in [-0.1, -0.05) is 0 Å². The number of hydrogen-bond acceptors (Lipinski definition) is 6. The number of nitrogens with zero attached hydrogens (tertiary/aromatic N) is 5. The summed E-state index contributed by atoms with van der Waals surface area (Å²) in [6.07, 6.45) is -2.70. The van der Waals surface area contributed by atoms with Crippen molar-refractivity contribution < 1.29 is 13.2 Å². The Hall–Kier alpha value is -2.10. The largest absolute Gasteiger partial charge is 0.433 e. The van der Waals surface area contributed by atoms with Gasteiger partial charge in [0, 0.05) is 43.3 Å². The van der Waals surface area contributed by atoms with E-state index in [0.29, 0.717) is 19.6 Å². The minimum absolute atomic E-state index is 0.119. The van der Waals surface area contributed by atoms with Crippen LogP contribution in [0.15, 0.2) is 23.3 Å². The second kappa shape index (κ2) is 6.57. The van der Waals surface area contributed by atoms with Crippen LogP contribution < -0.4 is 10.5 Å². The highest BCUT2D eigenvalue weighted by Crippen LogP contribution is 2.31. The summed E-state index contributed by atoms with van der Waals surface area (Å²) >= 11 is 1.80. The highest BCUT2D eigenvalue weighted by atomic mass is 32.2. The average molecular weight is 383 g/mol. The van der Waals surface area contributed by atoms with Crippen molar-refractivity contribution in [1.82, 2.24) is 19.7 Å².